The van der Waals surface area contributed by atoms with Crippen molar-refractivity contribution in [2.45, 2.75) is 12.6 Å². The molecule has 3 rings (SSSR count). The standard InChI is InChI=1S/C13H19N5O2S/c1-14-13-15-9(8-21-13)5-17-3-4-18-10(6-17)12(20)16(2)7-11(18)19/h8,10H,3-7H2,1-2H3,(H,14,15)/t10-/m0/s1. The molecular formula is C13H19N5O2S. The van der Waals surface area contributed by atoms with Gasteiger partial charge in [-0.25, -0.2) is 4.98 Å². The Balaban J connectivity index is 1.67. The molecule has 7 nitrogen and oxygen atoms in total. The van der Waals surface area contributed by atoms with Crippen molar-refractivity contribution in [3.05, 3.63) is 11.1 Å². The fourth-order valence-electron chi connectivity index (χ4n) is 2.84. The van der Waals surface area contributed by atoms with E-state index in [2.05, 4.69) is 15.2 Å². The molecule has 2 amide bonds. The highest BCUT2D eigenvalue weighted by Gasteiger charge is 2.41. The first-order chi connectivity index (χ1) is 10.1. The lowest BCUT2D eigenvalue weighted by molar-refractivity contribution is -0.158. The van der Waals surface area contributed by atoms with Crippen LogP contribution in [0.25, 0.3) is 0 Å². The monoisotopic (exact) mass is 309 g/mol. The Morgan fingerprint density at radius 1 is 1.43 bits per heavy atom. The van der Waals surface area contributed by atoms with E-state index in [4.69, 9.17) is 0 Å². The molecule has 0 aliphatic carbocycles. The third kappa shape index (κ3) is 2.73. The molecule has 0 unspecified atom stereocenters. The Hall–Kier alpha value is -1.67. The van der Waals surface area contributed by atoms with Crippen molar-refractivity contribution >= 4 is 28.3 Å². The van der Waals surface area contributed by atoms with Crippen molar-refractivity contribution in [2.75, 3.05) is 45.6 Å². The van der Waals surface area contributed by atoms with E-state index in [1.165, 1.54) is 4.90 Å². The molecule has 8 heteroatoms. The highest BCUT2D eigenvalue weighted by atomic mass is 32.1. The van der Waals surface area contributed by atoms with Gasteiger partial charge < -0.3 is 15.1 Å². The molecule has 2 aliphatic rings. The summed E-state index contributed by atoms with van der Waals surface area (Å²) in [5.74, 6) is 0.0846. The van der Waals surface area contributed by atoms with Crippen molar-refractivity contribution in [3.63, 3.8) is 0 Å². The van der Waals surface area contributed by atoms with Gasteiger partial charge in [0.2, 0.25) is 11.8 Å². The largest absolute Gasteiger partial charge is 0.365 e. The number of hydrogen-bond acceptors (Lipinski definition) is 6. The van der Waals surface area contributed by atoms with E-state index in [1.807, 2.05) is 12.4 Å². The maximum Gasteiger partial charge on any atom is 0.246 e. The van der Waals surface area contributed by atoms with E-state index in [-0.39, 0.29) is 24.4 Å². The molecule has 1 N–H and O–H groups in total. The fourth-order valence-corrected chi connectivity index (χ4v) is 3.51. The van der Waals surface area contributed by atoms with Crippen LogP contribution in [0.15, 0.2) is 5.38 Å². The molecule has 3 heterocycles. The first-order valence-electron chi connectivity index (χ1n) is 6.97. The number of aromatic nitrogens is 1. The van der Waals surface area contributed by atoms with Gasteiger partial charge in [0, 0.05) is 45.7 Å². The number of piperazine rings is 2. The van der Waals surface area contributed by atoms with Crippen LogP contribution >= 0.6 is 11.3 Å². The quantitative estimate of drug-likeness (QED) is 0.828. The van der Waals surface area contributed by atoms with E-state index in [0.717, 1.165) is 17.4 Å². The van der Waals surface area contributed by atoms with Crippen LogP contribution in [0.2, 0.25) is 0 Å². The topological polar surface area (TPSA) is 68.8 Å². The van der Waals surface area contributed by atoms with Crippen LogP contribution in [0.4, 0.5) is 5.13 Å². The van der Waals surface area contributed by atoms with Gasteiger partial charge in [0.1, 0.15) is 6.04 Å². The number of nitrogens with zero attached hydrogens (tertiary/aromatic N) is 4. The predicted molar refractivity (Wildman–Crippen MR) is 80.1 cm³/mol. The number of anilines is 1. The summed E-state index contributed by atoms with van der Waals surface area (Å²) in [5.41, 5.74) is 1.00. The van der Waals surface area contributed by atoms with Crippen molar-refractivity contribution in [2.24, 2.45) is 0 Å². The molecule has 114 valence electrons. The minimum atomic E-state index is -0.340. The lowest BCUT2D eigenvalue weighted by atomic mass is 10.1. The zero-order valence-corrected chi connectivity index (χ0v) is 13.0. The highest BCUT2D eigenvalue weighted by molar-refractivity contribution is 7.13. The molecule has 1 aromatic rings. The average molecular weight is 309 g/mol. The molecule has 0 spiro atoms. The molecule has 1 atom stereocenters. The first kappa shape index (κ1) is 14.3. The number of amides is 2. The molecule has 2 fully saturated rings. The number of likely N-dealkylation sites (N-methyl/N-ethyl adjacent to an activating group) is 1. The molecular weight excluding hydrogens is 290 g/mol. The van der Waals surface area contributed by atoms with Crippen LogP contribution in [0, 0.1) is 0 Å². The van der Waals surface area contributed by atoms with Crippen LogP contribution in [0.1, 0.15) is 5.69 Å². The Kier molecular flexibility index (Phi) is 3.81. The van der Waals surface area contributed by atoms with E-state index in [9.17, 15) is 9.59 Å². The number of rotatable bonds is 3. The van der Waals surface area contributed by atoms with Crippen LogP contribution in [0.3, 0.4) is 0 Å². The Morgan fingerprint density at radius 2 is 2.24 bits per heavy atom. The van der Waals surface area contributed by atoms with Crippen LogP contribution in [-0.4, -0.2) is 77.8 Å². The molecule has 21 heavy (non-hydrogen) atoms. The first-order valence-corrected chi connectivity index (χ1v) is 7.85. The summed E-state index contributed by atoms with van der Waals surface area (Å²) in [6, 6.07) is -0.340. The lowest BCUT2D eigenvalue weighted by Gasteiger charge is -2.45. The maximum absolute atomic E-state index is 12.2. The van der Waals surface area contributed by atoms with Gasteiger partial charge in [-0.2, -0.15) is 0 Å². The summed E-state index contributed by atoms with van der Waals surface area (Å²) in [5, 5.41) is 5.95. The molecule has 0 bridgehead atoms. The minimum Gasteiger partial charge on any atom is -0.365 e. The summed E-state index contributed by atoms with van der Waals surface area (Å²) >= 11 is 1.57. The highest BCUT2D eigenvalue weighted by Crippen LogP contribution is 2.20. The van der Waals surface area contributed by atoms with Gasteiger partial charge in [0.05, 0.1) is 12.2 Å². The summed E-state index contributed by atoms with van der Waals surface area (Å²) in [4.78, 5) is 34.1. The number of nitrogens with one attached hydrogen (secondary N) is 1. The second-order valence-corrected chi connectivity index (χ2v) is 6.28. The van der Waals surface area contributed by atoms with Gasteiger partial charge in [-0.3, -0.25) is 14.5 Å². The van der Waals surface area contributed by atoms with Crippen molar-refractivity contribution in [1.82, 2.24) is 19.7 Å². The minimum absolute atomic E-state index is 0.0356. The normalized spacial score (nSPS) is 23.4. The second-order valence-electron chi connectivity index (χ2n) is 5.43. The number of carbonyl (C=O) groups excluding carboxylic acids is 2. The van der Waals surface area contributed by atoms with Gasteiger partial charge in [-0.05, 0) is 0 Å². The lowest BCUT2D eigenvalue weighted by Crippen LogP contribution is -2.65. The van der Waals surface area contributed by atoms with Crippen molar-refractivity contribution < 1.29 is 9.59 Å². The molecule has 1 aromatic heterocycles. The van der Waals surface area contributed by atoms with Gasteiger partial charge in [-0.1, -0.05) is 0 Å². The zero-order chi connectivity index (χ0) is 15.0. The van der Waals surface area contributed by atoms with Gasteiger partial charge in [0.15, 0.2) is 5.13 Å². The average Bonchev–Trinajstić information content (AvgIpc) is 2.92. The summed E-state index contributed by atoms with van der Waals surface area (Å²) in [7, 11) is 3.54. The second kappa shape index (κ2) is 5.61. The smallest absolute Gasteiger partial charge is 0.246 e. The van der Waals surface area contributed by atoms with E-state index in [1.54, 1.807) is 23.3 Å². The summed E-state index contributed by atoms with van der Waals surface area (Å²) in [6.07, 6.45) is 0. The molecule has 2 saturated heterocycles. The van der Waals surface area contributed by atoms with E-state index in [0.29, 0.717) is 19.6 Å². The number of thiazole rings is 1. The summed E-state index contributed by atoms with van der Waals surface area (Å²) in [6.45, 7) is 2.90. The van der Waals surface area contributed by atoms with Crippen molar-refractivity contribution in [3.8, 4) is 0 Å². The summed E-state index contributed by atoms with van der Waals surface area (Å²) < 4.78 is 0. The Labute approximate surface area is 127 Å². The SMILES string of the molecule is CNc1nc(CN2CCN3C(=O)CN(C)C(=O)[C@@H]3C2)cs1. The van der Waals surface area contributed by atoms with Crippen LogP contribution in [0.5, 0.6) is 0 Å². The Morgan fingerprint density at radius 3 is 2.95 bits per heavy atom. The van der Waals surface area contributed by atoms with Crippen molar-refractivity contribution in [1.29, 1.82) is 0 Å². The molecule has 0 saturated carbocycles. The van der Waals surface area contributed by atoms with Gasteiger partial charge >= 0.3 is 0 Å². The molecule has 2 aliphatic heterocycles. The maximum atomic E-state index is 12.2. The van der Waals surface area contributed by atoms with Gasteiger partial charge in [0.25, 0.3) is 0 Å². The molecule has 0 radical (unpaired) electrons. The third-order valence-corrected chi connectivity index (χ3v) is 4.88. The van der Waals surface area contributed by atoms with Crippen LogP contribution < -0.4 is 5.32 Å². The van der Waals surface area contributed by atoms with Crippen LogP contribution in [-0.2, 0) is 16.1 Å². The Bertz CT molecular complexity index is 561. The predicted octanol–water partition coefficient (Wildman–Crippen LogP) is -0.330. The fraction of sp³-hybridized carbons (Fsp3) is 0.615. The number of hydrogen-bond donors (Lipinski definition) is 1. The molecule has 0 aromatic carbocycles. The third-order valence-electron chi connectivity index (χ3n) is 3.97. The zero-order valence-electron chi connectivity index (χ0n) is 12.2. The number of carbonyl (C=O) groups is 2. The van der Waals surface area contributed by atoms with E-state index >= 15 is 0 Å². The van der Waals surface area contributed by atoms with Gasteiger partial charge in [-0.15, -0.1) is 11.3 Å². The van der Waals surface area contributed by atoms with E-state index < -0.39 is 0 Å². The number of fused-ring (bicyclic) bond motifs is 1.